The van der Waals surface area contributed by atoms with E-state index < -0.39 is 0 Å². The van der Waals surface area contributed by atoms with Gasteiger partial charge in [-0.1, -0.05) is 32.6 Å². The van der Waals surface area contributed by atoms with Gasteiger partial charge in [-0.25, -0.2) is 0 Å². The predicted molar refractivity (Wildman–Crippen MR) is 63.8 cm³/mol. The van der Waals surface area contributed by atoms with Crippen molar-refractivity contribution >= 4 is 0 Å². The lowest BCUT2D eigenvalue weighted by Gasteiger charge is -2.49. The second kappa shape index (κ2) is 4.08. The first kappa shape index (κ1) is 10.1. The maximum absolute atomic E-state index is 3.99. The molecular weight excluding hydrogens is 182 g/mol. The largest absolute Gasteiger partial charge is 0.311 e. The smallest absolute Gasteiger partial charge is 0.0101 e. The zero-order valence-corrected chi connectivity index (χ0v) is 10.0. The lowest BCUT2D eigenvalue weighted by molar-refractivity contribution is 0.0634. The summed E-state index contributed by atoms with van der Waals surface area (Å²) in [5, 5.41) is 3.99. The molecule has 0 spiro atoms. The minimum absolute atomic E-state index is 0.882. The summed E-state index contributed by atoms with van der Waals surface area (Å²) in [6, 6.07) is 1.78. The third-order valence-corrected chi connectivity index (χ3v) is 5.33. The maximum Gasteiger partial charge on any atom is 0.0101 e. The van der Waals surface area contributed by atoms with Crippen molar-refractivity contribution in [2.24, 2.45) is 17.8 Å². The third kappa shape index (κ3) is 1.84. The fourth-order valence-corrected chi connectivity index (χ4v) is 4.42. The van der Waals surface area contributed by atoms with Crippen LogP contribution >= 0.6 is 0 Å². The van der Waals surface area contributed by atoms with Crippen LogP contribution in [0.2, 0.25) is 0 Å². The van der Waals surface area contributed by atoms with Gasteiger partial charge >= 0.3 is 0 Å². The van der Waals surface area contributed by atoms with Crippen LogP contribution in [0, 0.1) is 17.8 Å². The molecule has 0 radical (unpaired) electrons. The molecule has 3 rings (SSSR count). The Balaban J connectivity index is 1.71. The van der Waals surface area contributed by atoms with E-state index in [4.69, 9.17) is 0 Å². The van der Waals surface area contributed by atoms with Crippen LogP contribution in [0.15, 0.2) is 0 Å². The van der Waals surface area contributed by atoms with Gasteiger partial charge in [-0.3, -0.25) is 0 Å². The highest BCUT2D eigenvalue weighted by Crippen LogP contribution is 2.42. The van der Waals surface area contributed by atoms with Crippen molar-refractivity contribution in [1.82, 2.24) is 5.32 Å². The van der Waals surface area contributed by atoms with Crippen LogP contribution < -0.4 is 5.32 Å². The minimum Gasteiger partial charge on any atom is -0.311 e. The second-order valence-electron chi connectivity index (χ2n) is 6.23. The lowest BCUT2D eigenvalue weighted by atomic mass is 9.66. The normalized spacial score (nSPS) is 50.6. The lowest BCUT2D eigenvalue weighted by Crippen LogP contribution is -2.55. The molecule has 0 aromatic rings. The molecule has 1 heterocycles. The zero-order valence-electron chi connectivity index (χ0n) is 10.0. The van der Waals surface area contributed by atoms with Crippen LogP contribution in [0.5, 0.6) is 0 Å². The van der Waals surface area contributed by atoms with Gasteiger partial charge in [-0.15, -0.1) is 0 Å². The fraction of sp³-hybridized carbons (Fsp3) is 1.00. The molecule has 1 N–H and O–H groups in total. The minimum atomic E-state index is 0.882. The SMILES string of the molecule is CC1CCCC2NC3CCCCC3CC12. The Bertz CT molecular complexity index is 225. The number of rotatable bonds is 0. The van der Waals surface area contributed by atoms with Gasteiger partial charge in [0.2, 0.25) is 0 Å². The molecule has 2 saturated carbocycles. The van der Waals surface area contributed by atoms with E-state index in [2.05, 4.69) is 12.2 Å². The van der Waals surface area contributed by atoms with Crippen LogP contribution in [0.1, 0.15) is 58.3 Å². The molecule has 0 amide bonds. The highest BCUT2D eigenvalue weighted by Gasteiger charge is 2.40. The third-order valence-electron chi connectivity index (χ3n) is 5.33. The van der Waals surface area contributed by atoms with Crippen molar-refractivity contribution in [3.63, 3.8) is 0 Å². The van der Waals surface area contributed by atoms with Crippen molar-refractivity contribution < 1.29 is 0 Å². The van der Waals surface area contributed by atoms with Gasteiger partial charge < -0.3 is 5.32 Å². The van der Waals surface area contributed by atoms with E-state index >= 15 is 0 Å². The van der Waals surface area contributed by atoms with E-state index in [0.717, 1.165) is 29.8 Å². The van der Waals surface area contributed by atoms with Gasteiger partial charge in [0.05, 0.1) is 0 Å². The molecule has 86 valence electrons. The summed E-state index contributed by atoms with van der Waals surface area (Å²) >= 11 is 0. The first-order chi connectivity index (χ1) is 7.34. The molecule has 0 bridgehead atoms. The van der Waals surface area contributed by atoms with Gasteiger partial charge in [-0.05, 0) is 43.4 Å². The Morgan fingerprint density at radius 2 is 1.67 bits per heavy atom. The molecule has 1 aliphatic heterocycles. The number of piperidine rings is 1. The van der Waals surface area contributed by atoms with Crippen molar-refractivity contribution in [2.45, 2.75) is 70.4 Å². The summed E-state index contributed by atoms with van der Waals surface area (Å²) < 4.78 is 0. The molecule has 5 unspecified atom stereocenters. The van der Waals surface area contributed by atoms with E-state index in [0.29, 0.717) is 0 Å². The number of nitrogens with one attached hydrogen (secondary N) is 1. The van der Waals surface area contributed by atoms with E-state index in [-0.39, 0.29) is 0 Å². The van der Waals surface area contributed by atoms with Crippen molar-refractivity contribution in [2.75, 3.05) is 0 Å². The number of hydrogen-bond acceptors (Lipinski definition) is 1. The van der Waals surface area contributed by atoms with Crippen LogP contribution in [0.25, 0.3) is 0 Å². The summed E-state index contributed by atoms with van der Waals surface area (Å²) in [5.74, 6) is 3.03. The Kier molecular flexibility index (Phi) is 2.76. The second-order valence-corrected chi connectivity index (χ2v) is 6.23. The van der Waals surface area contributed by atoms with E-state index in [1.54, 1.807) is 6.42 Å². The quantitative estimate of drug-likeness (QED) is 0.642. The molecule has 1 nitrogen and oxygen atoms in total. The van der Waals surface area contributed by atoms with Crippen molar-refractivity contribution in [1.29, 1.82) is 0 Å². The molecule has 0 aromatic carbocycles. The monoisotopic (exact) mass is 207 g/mol. The van der Waals surface area contributed by atoms with E-state index in [1.807, 2.05) is 0 Å². The summed E-state index contributed by atoms with van der Waals surface area (Å²) in [6.45, 7) is 2.49. The molecule has 3 fully saturated rings. The fourth-order valence-electron chi connectivity index (χ4n) is 4.42. The molecule has 15 heavy (non-hydrogen) atoms. The Morgan fingerprint density at radius 3 is 2.60 bits per heavy atom. The zero-order chi connectivity index (χ0) is 10.3. The molecule has 1 saturated heterocycles. The molecule has 3 aliphatic rings. The highest BCUT2D eigenvalue weighted by molar-refractivity contribution is 4.96. The van der Waals surface area contributed by atoms with Gasteiger partial charge in [0.25, 0.3) is 0 Å². The Morgan fingerprint density at radius 1 is 0.867 bits per heavy atom. The number of hydrogen-bond donors (Lipinski definition) is 1. The first-order valence-electron chi connectivity index (χ1n) is 7.10. The Labute approximate surface area is 94.0 Å². The molecule has 0 aromatic heterocycles. The van der Waals surface area contributed by atoms with Crippen molar-refractivity contribution in [3.8, 4) is 0 Å². The van der Waals surface area contributed by atoms with Crippen LogP contribution in [0.4, 0.5) is 0 Å². The Hall–Kier alpha value is -0.0400. The van der Waals surface area contributed by atoms with Crippen molar-refractivity contribution in [3.05, 3.63) is 0 Å². The predicted octanol–water partition coefficient (Wildman–Crippen LogP) is 3.34. The average molecular weight is 207 g/mol. The van der Waals surface area contributed by atoms with Gasteiger partial charge in [0.15, 0.2) is 0 Å². The highest BCUT2D eigenvalue weighted by atomic mass is 15.0. The summed E-state index contributed by atoms with van der Waals surface area (Å²) in [7, 11) is 0. The van der Waals surface area contributed by atoms with Gasteiger partial charge in [-0.2, -0.15) is 0 Å². The average Bonchev–Trinajstić information content (AvgIpc) is 2.27. The molecular formula is C14H25N. The van der Waals surface area contributed by atoms with E-state index in [9.17, 15) is 0 Å². The van der Waals surface area contributed by atoms with E-state index in [1.165, 1.54) is 44.9 Å². The summed E-state index contributed by atoms with van der Waals surface area (Å²) in [5.41, 5.74) is 0. The summed E-state index contributed by atoms with van der Waals surface area (Å²) in [6.07, 6.45) is 11.9. The van der Waals surface area contributed by atoms with Crippen LogP contribution in [-0.2, 0) is 0 Å². The summed E-state index contributed by atoms with van der Waals surface area (Å²) in [4.78, 5) is 0. The standard InChI is InChI=1S/C14H25N/c1-10-5-4-8-14-12(10)9-11-6-2-3-7-13(11)15-14/h10-15H,2-9H2,1H3. The molecule has 1 heteroatoms. The van der Waals surface area contributed by atoms with Crippen LogP contribution in [-0.4, -0.2) is 12.1 Å². The molecule has 2 aliphatic carbocycles. The topological polar surface area (TPSA) is 12.0 Å². The van der Waals surface area contributed by atoms with Crippen LogP contribution in [0.3, 0.4) is 0 Å². The first-order valence-corrected chi connectivity index (χ1v) is 7.10. The van der Waals surface area contributed by atoms with Gasteiger partial charge in [0.1, 0.15) is 0 Å². The van der Waals surface area contributed by atoms with Gasteiger partial charge in [0, 0.05) is 12.1 Å². The number of fused-ring (bicyclic) bond motifs is 2. The molecule has 5 atom stereocenters. The maximum atomic E-state index is 3.99.